The van der Waals surface area contributed by atoms with Gasteiger partial charge in [0.1, 0.15) is 0 Å². The fraction of sp³-hybridized carbons (Fsp3) is 0.955. The first-order chi connectivity index (χ1) is 12.1. The van der Waals surface area contributed by atoms with E-state index in [1.807, 2.05) is 11.9 Å². The highest BCUT2D eigenvalue weighted by molar-refractivity contribution is 5.90. The van der Waals surface area contributed by atoms with Gasteiger partial charge in [-0.3, -0.25) is 9.69 Å². The summed E-state index contributed by atoms with van der Waals surface area (Å²) in [5.41, 5.74) is 0.0241. The van der Waals surface area contributed by atoms with Crippen LogP contribution in [0, 0.1) is 5.41 Å². The zero-order chi connectivity index (χ0) is 18.1. The third kappa shape index (κ3) is 5.70. The highest BCUT2D eigenvalue weighted by atomic mass is 16.2. The standard InChI is InChI=1S/C22H42N2O/c1-4-6-8-10-12-14-16-20(15-13-11-9-7-5-2)24-18-22(19-24)17-23(3)21(22)25/h20H,4-19H2,1-3H3. The van der Waals surface area contributed by atoms with Gasteiger partial charge in [-0.25, -0.2) is 0 Å². The molecular weight excluding hydrogens is 308 g/mol. The van der Waals surface area contributed by atoms with Crippen LogP contribution in [-0.2, 0) is 4.79 Å². The van der Waals surface area contributed by atoms with Crippen molar-refractivity contribution in [3.05, 3.63) is 0 Å². The number of likely N-dealkylation sites (tertiary alicyclic amines) is 2. The summed E-state index contributed by atoms with van der Waals surface area (Å²) in [6, 6.07) is 0.733. The number of hydrogen-bond acceptors (Lipinski definition) is 2. The fourth-order valence-corrected chi connectivity index (χ4v) is 4.79. The lowest BCUT2D eigenvalue weighted by molar-refractivity contribution is -0.179. The Kier molecular flexibility index (Phi) is 8.75. The number of β-lactam (4-membered cyclic amide) rings is 1. The highest BCUT2D eigenvalue weighted by Crippen LogP contribution is 2.42. The predicted molar refractivity (Wildman–Crippen MR) is 107 cm³/mol. The van der Waals surface area contributed by atoms with Gasteiger partial charge in [-0.2, -0.15) is 0 Å². The Hall–Kier alpha value is -0.570. The van der Waals surface area contributed by atoms with E-state index in [0.717, 1.165) is 25.7 Å². The van der Waals surface area contributed by atoms with E-state index in [4.69, 9.17) is 0 Å². The minimum absolute atomic E-state index is 0.0241. The lowest BCUT2D eigenvalue weighted by atomic mass is 9.71. The van der Waals surface area contributed by atoms with E-state index < -0.39 is 0 Å². The van der Waals surface area contributed by atoms with Crippen molar-refractivity contribution in [1.29, 1.82) is 0 Å². The van der Waals surface area contributed by atoms with E-state index in [1.54, 1.807) is 0 Å². The number of carbonyl (C=O) groups is 1. The molecule has 0 aliphatic carbocycles. The molecule has 2 saturated heterocycles. The molecule has 146 valence electrons. The molecule has 0 bridgehead atoms. The van der Waals surface area contributed by atoms with Crippen LogP contribution in [0.25, 0.3) is 0 Å². The van der Waals surface area contributed by atoms with Crippen molar-refractivity contribution < 1.29 is 4.79 Å². The first kappa shape index (κ1) is 20.7. The predicted octanol–water partition coefficient (Wildman–Crippen LogP) is 5.24. The lowest BCUT2D eigenvalue weighted by Gasteiger charge is -2.59. The van der Waals surface area contributed by atoms with Crippen LogP contribution in [0.3, 0.4) is 0 Å². The quantitative estimate of drug-likeness (QED) is 0.316. The van der Waals surface area contributed by atoms with Crippen molar-refractivity contribution in [3.8, 4) is 0 Å². The van der Waals surface area contributed by atoms with E-state index in [2.05, 4.69) is 18.7 Å². The maximum atomic E-state index is 12.1. The van der Waals surface area contributed by atoms with Gasteiger partial charge in [-0.1, -0.05) is 84.5 Å². The summed E-state index contributed by atoms with van der Waals surface area (Å²) in [6.45, 7) is 7.63. The molecule has 1 atom stereocenters. The molecule has 0 aromatic rings. The van der Waals surface area contributed by atoms with Gasteiger partial charge in [-0.15, -0.1) is 0 Å². The molecule has 25 heavy (non-hydrogen) atoms. The van der Waals surface area contributed by atoms with Crippen LogP contribution in [0.4, 0.5) is 0 Å². The maximum Gasteiger partial charge on any atom is 0.232 e. The largest absolute Gasteiger partial charge is 0.344 e. The average molecular weight is 351 g/mol. The van der Waals surface area contributed by atoms with Gasteiger partial charge in [0.15, 0.2) is 0 Å². The molecule has 1 amide bonds. The zero-order valence-corrected chi connectivity index (χ0v) is 17.2. The van der Waals surface area contributed by atoms with Crippen LogP contribution in [0.5, 0.6) is 0 Å². The first-order valence-electron chi connectivity index (χ1n) is 11.1. The molecule has 3 nitrogen and oxygen atoms in total. The molecule has 2 heterocycles. The van der Waals surface area contributed by atoms with Crippen LogP contribution in [0.15, 0.2) is 0 Å². The van der Waals surface area contributed by atoms with Gasteiger partial charge in [0.2, 0.25) is 5.91 Å². The number of unbranched alkanes of at least 4 members (excludes halogenated alkanes) is 9. The first-order valence-corrected chi connectivity index (χ1v) is 11.1. The van der Waals surface area contributed by atoms with Gasteiger partial charge in [0.05, 0.1) is 5.41 Å². The molecule has 0 aromatic carbocycles. The van der Waals surface area contributed by atoms with E-state index >= 15 is 0 Å². The molecule has 2 fully saturated rings. The van der Waals surface area contributed by atoms with Crippen LogP contribution in [-0.4, -0.2) is 48.4 Å². The molecular formula is C22H42N2O. The zero-order valence-electron chi connectivity index (χ0n) is 17.2. The Bertz CT molecular complexity index is 389. The summed E-state index contributed by atoms with van der Waals surface area (Å²) in [4.78, 5) is 16.7. The van der Waals surface area contributed by atoms with Crippen molar-refractivity contribution in [1.82, 2.24) is 9.80 Å². The van der Waals surface area contributed by atoms with Crippen molar-refractivity contribution >= 4 is 5.91 Å². The van der Waals surface area contributed by atoms with Crippen molar-refractivity contribution in [2.75, 3.05) is 26.7 Å². The van der Waals surface area contributed by atoms with Crippen LogP contribution < -0.4 is 0 Å². The van der Waals surface area contributed by atoms with E-state index in [0.29, 0.717) is 5.91 Å². The van der Waals surface area contributed by atoms with Gasteiger partial charge < -0.3 is 4.90 Å². The Morgan fingerprint density at radius 3 is 1.72 bits per heavy atom. The molecule has 1 spiro atoms. The Labute approximate surface area is 156 Å². The lowest BCUT2D eigenvalue weighted by Crippen LogP contribution is -2.75. The van der Waals surface area contributed by atoms with Crippen molar-refractivity contribution in [2.24, 2.45) is 5.41 Å². The summed E-state index contributed by atoms with van der Waals surface area (Å²) >= 11 is 0. The van der Waals surface area contributed by atoms with Gasteiger partial charge >= 0.3 is 0 Å². The second kappa shape index (κ2) is 10.5. The minimum Gasteiger partial charge on any atom is -0.344 e. The Balaban J connectivity index is 1.68. The summed E-state index contributed by atoms with van der Waals surface area (Å²) in [5.74, 6) is 0.394. The normalized spacial score (nSPS) is 20.6. The molecule has 3 heteroatoms. The summed E-state index contributed by atoms with van der Waals surface area (Å²) in [6.07, 6.45) is 17.9. The van der Waals surface area contributed by atoms with E-state index in [9.17, 15) is 4.79 Å². The molecule has 2 rings (SSSR count). The second-order valence-electron chi connectivity index (χ2n) is 8.76. The van der Waals surface area contributed by atoms with Gasteiger partial charge in [-0.05, 0) is 12.8 Å². The minimum atomic E-state index is 0.0241. The molecule has 0 saturated carbocycles. The SMILES string of the molecule is CCCCCCCCC(CCCCCCC)N1CC2(CN(C)C2=O)C1. The van der Waals surface area contributed by atoms with Crippen molar-refractivity contribution in [3.63, 3.8) is 0 Å². The molecule has 2 aliphatic heterocycles. The van der Waals surface area contributed by atoms with E-state index in [1.165, 1.54) is 83.5 Å². The third-order valence-electron chi connectivity index (χ3n) is 6.40. The van der Waals surface area contributed by atoms with Crippen molar-refractivity contribution in [2.45, 2.75) is 103 Å². The topological polar surface area (TPSA) is 23.6 Å². The van der Waals surface area contributed by atoms with Crippen LogP contribution in [0.2, 0.25) is 0 Å². The monoisotopic (exact) mass is 350 g/mol. The number of rotatable bonds is 14. The maximum absolute atomic E-state index is 12.1. The number of hydrogen-bond donors (Lipinski definition) is 0. The number of nitrogens with zero attached hydrogens (tertiary/aromatic N) is 2. The number of amides is 1. The van der Waals surface area contributed by atoms with E-state index in [-0.39, 0.29) is 5.41 Å². The Morgan fingerprint density at radius 1 is 0.800 bits per heavy atom. The van der Waals surface area contributed by atoms with Gasteiger partial charge in [0.25, 0.3) is 0 Å². The number of carbonyl (C=O) groups excluding carboxylic acids is 1. The van der Waals surface area contributed by atoms with Crippen LogP contribution >= 0.6 is 0 Å². The Morgan fingerprint density at radius 2 is 1.28 bits per heavy atom. The average Bonchev–Trinajstić information content (AvgIpc) is 2.58. The second-order valence-corrected chi connectivity index (χ2v) is 8.76. The van der Waals surface area contributed by atoms with Gasteiger partial charge in [0, 0.05) is 32.7 Å². The third-order valence-corrected chi connectivity index (χ3v) is 6.40. The molecule has 2 aliphatic rings. The summed E-state index contributed by atoms with van der Waals surface area (Å²) < 4.78 is 0. The fourth-order valence-electron chi connectivity index (χ4n) is 4.79. The van der Waals surface area contributed by atoms with Crippen LogP contribution in [0.1, 0.15) is 97.3 Å². The highest BCUT2D eigenvalue weighted by Gasteiger charge is 2.58. The molecule has 0 N–H and O–H groups in total. The smallest absolute Gasteiger partial charge is 0.232 e. The molecule has 0 radical (unpaired) electrons. The summed E-state index contributed by atoms with van der Waals surface area (Å²) in [5, 5.41) is 0. The molecule has 0 aromatic heterocycles. The summed E-state index contributed by atoms with van der Waals surface area (Å²) in [7, 11) is 1.94. The molecule has 1 unspecified atom stereocenters.